The van der Waals surface area contributed by atoms with Crippen LogP contribution in [-0.4, -0.2) is 17.9 Å². The molecule has 0 aromatic heterocycles. The molecule has 0 aromatic carbocycles. The lowest BCUT2D eigenvalue weighted by atomic mass is 9.31. The summed E-state index contributed by atoms with van der Waals surface area (Å²) in [6, 6.07) is 0. The second-order valence-corrected chi connectivity index (χ2v) is 15.9. The van der Waals surface area contributed by atoms with Crippen LogP contribution in [0.3, 0.4) is 0 Å². The normalized spacial score (nSPS) is 52.4. The van der Waals surface area contributed by atoms with Gasteiger partial charge in [0, 0.05) is 30.1 Å². The first-order valence-corrected chi connectivity index (χ1v) is 14.7. The van der Waals surface area contributed by atoms with Crippen LogP contribution in [0.5, 0.6) is 0 Å². The van der Waals surface area contributed by atoms with Gasteiger partial charge in [0.1, 0.15) is 11.9 Å². The molecular formula is C32H52O3. The Morgan fingerprint density at radius 1 is 0.714 bits per heavy atom. The van der Waals surface area contributed by atoms with Gasteiger partial charge in [-0.05, 0) is 97.2 Å². The molecule has 8 unspecified atom stereocenters. The molecular weight excluding hydrogens is 432 g/mol. The number of Topliss-reactive ketones (excluding diaryl/α,β-unsaturated/α-hetero) is 1. The van der Waals surface area contributed by atoms with Crippen LogP contribution in [0.4, 0.5) is 0 Å². The summed E-state index contributed by atoms with van der Waals surface area (Å²) in [6.07, 6.45) is 11.8. The number of hydrogen-bond acceptors (Lipinski definition) is 3. The third-order valence-electron chi connectivity index (χ3n) is 14.0. The summed E-state index contributed by atoms with van der Waals surface area (Å²) in [5, 5.41) is 0. The van der Waals surface area contributed by atoms with Gasteiger partial charge in [0.05, 0.1) is 0 Å². The average Bonchev–Trinajstić information content (AvgIpc) is 2.74. The number of fused-ring (bicyclic) bond motifs is 7. The average molecular weight is 485 g/mol. The lowest BCUT2D eigenvalue weighted by Gasteiger charge is -2.74. The Hall–Kier alpha value is -0.860. The van der Waals surface area contributed by atoms with Crippen LogP contribution in [0.15, 0.2) is 0 Å². The molecule has 3 heteroatoms. The summed E-state index contributed by atoms with van der Waals surface area (Å²) in [6.45, 7) is 21.2. The zero-order chi connectivity index (χ0) is 25.8. The lowest BCUT2D eigenvalue weighted by Crippen LogP contribution is -2.68. The molecule has 0 bridgehead atoms. The molecule has 0 spiro atoms. The van der Waals surface area contributed by atoms with E-state index < -0.39 is 0 Å². The Kier molecular flexibility index (Phi) is 5.59. The van der Waals surface area contributed by atoms with Gasteiger partial charge < -0.3 is 4.74 Å². The van der Waals surface area contributed by atoms with E-state index in [4.69, 9.17) is 4.74 Å². The standard InChI is InChI=1S/C32H52O3/c1-20(33)35-26-21-12-16-31(8)23(29(21,6)19-18-27(26,2)3)10-11-24-30(7)15-14-25(34)28(4,5)22(30)13-17-32(24,31)9/h21-24,26H,10-19H2,1-9H3/t21?,22?,23?,24?,26?,29?,30?,31?,32-/m0/s1. The molecule has 198 valence electrons. The van der Waals surface area contributed by atoms with Crippen LogP contribution in [0.25, 0.3) is 0 Å². The van der Waals surface area contributed by atoms with Gasteiger partial charge in [0.15, 0.2) is 0 Å². The van der Waals surface area contributed by atoms with Crippen LogP contribution in [0.2, 0.25) is 0 Å². The highest BCUT2D eigenvalue weighted by Gasteiger charge is 2.71. The van der Waals surface area contributed by atoms with Crippen molar-refractivity contribution >= 4 is 11.8 Å². The molecule has 0 radical (unpaired) electrons. The predicted molar refractivity (Wildman–Crippen MR) is 141 cm³/mol. The molecule has 0 heterocycles. The maximum Gasteiger partial charge on any atom is 0.302 e. The fourth-order valence-electron chi connectivity index (χ4n) is 11.8. The minimum Gasteiger partial charge on any atom is -0.462 e. The quantitative estimate of drug-likeness (QED) is 0.354. The Morgan fingerprint density at radius 3 is 1.89 bits per heavy atom. The number of ketones is 1. The van der Waals surface area contributed by atoms with E-state index in [0.29, 0.717) is 40.3 Å². The summed E-state index contributed by atoms with van der Waals surface area (Å²) in [7, 11) is 0. The first kappa shape index (κ1) is 25.8. The van der Waals surface area contributed by atoms with Crippen molar-refractivity contribution in [3.05, 3.63) is 0 Å². The van der Waals surface area contributed by atoms with E-state index >= 15 is 0 Å². The first-order chi connectivity index (χ1) is 16.0. The van der Waals surface area contributed by atoms with Crippen molar-refractivity contribution in [2.45, 2.75) is 133 Å². The summed E-state index contributed by atoms with van der Waals surface area (Å²) in [4.78, 5) is 25.1. The highest BCUT2D eigenvalue weighted by atomic mass is 16.5. The second kappa shape index (κ2) is 7.59. The highest BCUT2D eigenvalue weighted by Crippen LogP contribution is 2.77. The molecule has 0 N–H and O–H groups in total. The summed E-state index contributed by atoms with van der Waals surface area (Å²) < 4.78 is 6.13. The van der Waals surface area contributed by atoms with Crippen molar-refractivity contribution in [3.8, 4) is 0 Å². The zero-order valence-corrected chi connectivity index (χ0v) is 24.2. The largest absolute Gasteiger partial charge is 0.462 e. The zero-order valence-electron chi connectivity index (χ0n) is 24.2. The Labute approximate surface area is 214 Å². The van der Waals surface area contributed by atoms with Crippen LogP contribution >= 0.6 is 0 Å². The predicted octanol–water partition coefficient (Wildman–Crippen LogP) is 8.00. The van der Waals surface area contributed by atoms with E-state index in [0.717, 1.165) is 19.3 Å². The molecule has 3 nitrogen and oxygen atoms in total. The maximum absolute atomic E-state index is 13.0. The molecule has 35 heavy (non-hydrogen) atoms. The topological polar surface area (TPSA) is 43.4 Å². The van der Waals surface area contributed by atoms with E-state index in [9.17, 15) is 9.59 Å². The number of rotatable bonds is 1. The van der Waals surface area contributed by atoms with Crippen molar-refractivity contribution in [1.29, 1.82) is 0 Å². The fraction of sp³-hybridized carbons (Fsp3) is 0.938. The summed E-state index contributed by atoms with van der Waals surface area (Å²) >= 11 is 0. The molecule has 5 rings (SSSR count). The van der Waals surface area contributed by atoms with E-state index in [-0.39, 0.29) is 33.7 Å². The third-order valence-corrected chi connectivity index (χ3v) is 14.0. The van der Waals surface area contributed by atoms with Crippen LogP contribution in [0, 0.1) is 56.2 Å². The van der Waals surface area contributed by atoms with Crippen molar-refractivity contribution in [3.63, 3.8) is 0 Å². The van der Waals surface area contributed by atoms with Crippen molar-refractivity contribution in [1.82, 2.24) is 0 Å². The monoisotopic (exact) mass is 484 g/mol. The van der Waals surface area contributed by atoms with Crippen molar-refractivity contribution in [2.24, 2.45) is 56.2 Å². The van der Waals surface area contributed by atoms with Gasteiger partial charge in [-0.2, -0.15) is 0 Å². The van der Waals surface area contributed by atoms with Gasteiger partial charge in [0.2, 0.25) is 0 Å². The van der Waals surface area contributed by atoms with Gasteiger partial charge >= 0.3 is 5.97 Å². The summed E-state index contributed by atoms with van der Waals surface area (Å²) in [5.41, 5.74) is 0.998. The number of hydrogen-bond donors (Lipinski definition) is 0. The van der Waals surface area contributed by atoms with E-state index in [1.807, 2.05) is 0 Å². The van der Waals surface area contributed by atoms with E-state index in [2.05, 4.69) is 55.4 Å². The Bertz CT molecular complexity index is 918. The van der Waals surface area contributed by atoms with Gasteiger partial charge in [0.25, 0.3) is 0 Å². The summed E-state index contributed by atoms with van der Waals surface area (Å²) in [5.74, 6) is 2.75. The number of esters is 1. The second-order valence-electron chi connectivity index (χ2n) is 15.9. The highest BCUT2D eigenvalue weighted by molar-refractivity contribution is 5.85. The maximum atomic E-state index is 13.0. The third kappa shape index (κ3) is 3.20. The Balaban J connectivity index is 1.52. The van der Waals surface area contributed by atoms with Crippen LogP contribution in [0.1, 0.15) is 127 Å². The molecule has 0 amide bonds. The van der Waals surface area contributed by atoms with Gasteiger partial charge in [-0.3, -0.25) is 9.59 Å². The smallest absolute Gasteiger partial charge is 0.302 e. The van der Waals surface area contributed by atoms with Gasteiger partial charge in [-0.25, -0.2) is 0 Å². The molecule has 5 aliphatic rings. The fourth-order valence-corrected chi connectivity index (χ4v) is 11.8. The molecule has 5 aliphatic carbocycles. The van der Waals surface area contributed by atoms with Gasteiger partial charge in [-0.15, -0.1) is 0 Å². The minimum absolute atomic E-state index is 0.0345. The van der Waals surface area contributed by atoms with Crippen LogP contribution < -0.4 is 0 Å². The molecule has 9 atom stereocenters. The number of carbonyl (C=O) groups excluding carboxylic acids is 2. The molecule has 0 aromatic rings. The number of carbonyl (C=O) groups is 2. The van der Waals surface area contributed by atoms with Crippen molar-refractivity contribution in [2.75, 3.05) is 0 Å². The first-order valence-electron chi connectivity index (χ1n) is 14.7. The molecule has 5 saturated carbocycles. The SMILES string of the molecule is CC(=O)OC1C2CCC3(C)C(CCC4C5(C)CCC(=O)C(C)(C)C5CC[C@@]43C)C2(C)CCC1(C)C. The molecule has 0 saturated heterocycles. The van der Waals surface area contributed by atoms with Gasteiger partial charge in [-0.1, -0.05) is 55.4 Å². The lowest BCUT2D eigenvalue weighted by molar-refractivity contribution is -0.262. The molecule has 5 fully saturated rings. The van der Waals surface area contributed by atoms with Crippen LogP contribution in [-0.2, 0) is 14.3 Å². The van der Waals surface area contributed by atoms with E-state index in [1.54, 1.807) is 6.92 Å². The van der Waals surface area contributed by atoms with Crippen molar-refractivity contribution < 1.29 is 14.3 Å². The Morgan fingerprint density at radius 2 is 1.29 bits per heavy atom. The molecule has 0 aliphatic heterocycles. The van der Waals surface area contributed by atoms with E-state index in [1.165, 1.54) is 44.9 Å². The number of ether oxygens (including phenoxy) is 1. The minimum atomic E-state index is -0.179.